The van der Waals surface area contributed by atoms with Crippen LogP contribution in [0.25, 0.3) is 10.9 Å². The highest BCUT2D eigenvalue weighted by Gasteiger charge is 2.19. The van der Waals surface area contributed by atoms with Crippen molar-refractivity contribution in [2.24, 2.45) is 0 Å². The van der Waals surface area contributed by atoms with E-state index in [0.29, 0.717) is 6.54 Å². The predicted molar refractivity (Wildman–Crippen MR) is 77.5 cm³/mol. The first-order chi connectivity index (χ1) is 8.99. The minimum absolute atomic E-state index is 0.0733. The van der Waals surface area contributed by atoms with Crippen LogP contribution in [0.15, 0.2) is 18.6 Å². The van der Waals surface area contributed by atoms with Gasteiger partial charge in [-0.25, -0.2) is 0 Å². The van der Waals surface area contributed by atoms with Crippen LogP contribution in [0.2, 0.25) is 0 Å². The van der Waals surface area contributed by atoms with Gasteiger partial charge in [-0.05, 0) is 27.7 Å². The van der Waals surface area contributed by atoms with E-state index in [1.54, 1.807) is 0 Å². The van der Waals surface area contributed by atoms with E-state index < -0.39 is 0 Å². The maximum absolute atomic E-state index is 9.15. The molecular weight excluding hydrogens is 240 g/mol. The number of fused-ring (bicyclic) bond motifs is 1. The number of nitrogens with zero attached hydrogens (tertiary/aromatic N) is 4. The minimum atomic E-state index is -0.0733. The molecule has 0 aromatic carbocycles. The van der Waals surface area contributed by atoms with E-state index in [4.69, 9.17) is 5.11 Å². The summed E-state index contributed by atoms with van der Waals surface area (Å²) in [6.07, 6.45) is 5.58. The van der Waals surface area contributed by atoms with Gasteiger partial charge in [-0.2, -0.15) is 5.10 Å². The molecule has 2 rings (SSSR count). The second kappa shape index (κ2) is 5.17. The van der Waals surface area contributed by atoms with E-state index in [1.807, 2.05) is 23.3 Å². The van der Waals surface area contributed by atoms with E-state index in [1.165, 1.54) is 0 Å². The van der Waals surface area contributed by atoms with E-state index >= 15 is 0 Å². The van der Waals surface area contributed by atoms with Crippen molar-refractivity contribution in [3.63, 3.8) is 0 Å². The van der Waals surface area contributed by atoms with Crippen LogP contribution in [0.1, 0.15) is 27.7 Å². The second-order valence-electron chi connectivity index (χ2n) is 5.62. The smallest absolute Gasteiger partial charge is 0.0892 e. The molecule has 0 aliphatic carbocycles. The molecule has 0 saturated carbocycles. The zero-order chi connectivity index (χ0) is 14.0. The molecule has 5 heteroatoms. The Morgan fingerprint density at radius 1 is 1.26 bits per heavy atom. The summed E-state index contributed by atoms with van der Waals surface area (Å²) in [5.41, 5.74) is 1.99. The average molecular weight is 262 g/mol. The summed E-state index contributed by atoms with van der Waals surface area (Å²) in [7, 11) is 0. The Kier molecular flexibility index (Phi) is 3.75. The van der Waals surface area contributed by atoms with Crippen molar-refractivity contribution in [2.45, 2.75) is 33.2 Å². The predicted octanol–water partition coefficient (Wildman–Crippen LogP) is 2.00. The molecule has 0 saturated heterocycles. The van der Waals surface area contributed by atoms with Crippen LogP contribution in [0.3, 0.4) is 0 Å². The number of aliphatic hydroxyl groups excluding tert-OH is 1. The number of pyridine rings is 1. The molecule has 2 aromatic heterocycles. The quantitative estimate of drug-likeness (QED) is 0.915. The van der Waals surface area contributed by atoms with Gasteiger partial charge in [-0.1, -0.05) is 0 Å². The number of anilines is 1. The van der Waals surface area contributed by atoms with Gasteiger partial charge in [0, 0.05) is 18.5 Å². The highest BCUT2D eigenvalue weighted by molar-refractivity contribution is 5.91. The normalized spacial score (nSPS) is 12.1. The fourth-order valence-corrected chi connectivity index (χ4v) is 2.28. The molecule has 0 aliphatic rings. The zero-order valence-corrected chi connectivity index (χ0v) is 12.1. The fraction of sp³-hybridized carbons (Fsp3) is 0.571. The van der Waals surface area contributed by atoms with E-state index in [0.717, 1.165) is 23.1 Å². The summed E-state index contributed by atoms with van der Waals surface area (Å²) in [5.74, 6) is 0. The first-order valence-electron chi connectivity index (χ1n) is 6.67. The van der Waals surface area contributed by atoms with Crippen molar-refractivity contribution >= 4 is 16.6 Å². The average Bonchev–Trinajstić information content (AvgIpc) is 2.79. The van der Waals surface area contributed by atoms with Gasteiger partial charge in [0.05, 0.1) is 41.9 Å². The molecule has 0 unspecified atom stereocenters. The van der Waals surface area contributed by atoms with Crippen molar-refractivity contribution in [2.75, 3.05) is 24.6 Å². The molecule has 2 aromatic rings. The standard InChI is InChI=1S/C14H22N4O/c1-5-17(6-7-19)12-9-15-10-13-11(12)8-16-18(13)14(2,3)4/h8-10,19H,5-7H2,1-4H3. The highest BCUT2D eigenvalue weighted by atomic mass is 16.3. The lowest BCUT2D eigenvalue weighted by Crippen LogP contribution is -2.26. The molecule has 0 radical (unpaired) electrons. The van der Waals surface area contributed by atoms with Gasteiger partial charge in [-0.3, -0.25) is 9.67 Å². The summed E-state index contributed by atoms with van der Waals surface area (Å²) in [6, 6.07) is 0. The van der Waals surface area contributed by atoms with Gasteiger partial charge in [0.1, 0.15) is 0 Å². The fourth-order valence-electron chi connectivity index (χ4n) is 2.28. The van der Waals surface area contributed by atoms with E-state index in [-0.39, 0.29) is 12.1 Å². The Hall–Kier alpha value is -1.62. The third-order valence-corrected chi connectivity index (χ3v) is 3.20. The number of likely N-dealkylation sites (N-methyl/N-ethyl adjacent to an activating group) is 1. The van der Waals surface area contributed by atoms with Crippen LogP contribution in [0.5, 0.6) is 0 Å². The van der Waals surface area contributed by atoms with Crippen LogP contribution in [-0.4, -0.2) is 39.6 Å². The molecule has 0 atom stereocenters. The summed E-state index contributed by atoms with van der Waals surface area (Å²) in [4.78, 5) is 6.44. The first kappa shape index (κ1) is 13.8. The third-order valence-electron chi connectivity index (χ3n) is 3.20. The monoisotopic (exact) mass is 262 g/mol. The van der Waals surface area contributed by atoms with Gasteiger partial charge in [0.15, 0.2) is 0 Å². The molecule has 104 valence electrons. The van der Waals surface area contributed by atoms with Crippen LogP contribution in [0.4, 0.5) is 5.69 Å². The molecule has 0 aliphatic heterocycles. The lowest BCUT2D eigenvalue weighted by molar-refractivity contribution is 0.302. The summed E-state index contributed by atoms with van der Waals surface area (Å²) < 4.78 is 1.99. The molecule has 5 nitrogen and oxygen atoms in total. The summed E-state index contributed by atoms with van der Waals surface area (Å²) in [6.45, 7) is 10.0. The van der Waals surface area contributed by atoms with Gasteiger partial charge in [0.2, 0.25) is 0 Å². The Morgan fingerprint density at radius 3 is 2.58 bits per heavy atom. The molecule has 0 spiro atoms. The lowest BCUT2D eigenvalue weighted by Gasteiger charge is -2.23. The third kappa shape index (κ3) is 2.56. The number of aliphatic hydroxyl groups is 1. The first-order valence-corrected chi connectivity index (χ1v) is 6.67. The molecule has 1 N–H and O–H groups in total. The molecule has 2 heterocycles. The van der Waals surface area contributed by atoms with Crippen molar-refractivity contribution in [3.05, 3.63) is 18.6 Å². The maximum Gasteiger partial charge on any atom is 0.0892 e. The van der Waals surface area contributed by atoms with Crippen LogP contribution >= 0.6 is 0 Å². The molecule has 0 fully saturated rings. The van der Waals surface area contributed by atoms with Crippen molar-refractivity contribution in [1.82, 2.24) is 14.8 Å². The molecule has 19 heavy (non-hydrogen) atoms. The zero-order valence-electron chi connectivity index (χ0n) is 12.1. The number of aromatic nitrogens is 3. The Morgan fingerprint density at radius 2 is 2.00 bits per heavy atom. The van der Waals surface area contributed by atoms with Gasteiger partial charge in [0.25, 0.3) is 0 Å². The van der Waals surface area contributed by atoms with Crippen molar-refractivity contribution in [3.8, 4) is 0 Å². The SMILES string of the molecule is CCN(CCO)c1cncc2c1cnn2C(C)(C)C. The summed E-state index contributed by atoms with van der Waals surface area (Å²) in [5, 5.41) is 14.7. The number of hydrogen-bond donors (Lipinski definition) is 1. The maximum atomic E-state index is 9.15. The Balaban J connectivity index is 2.56. The highest BCUT2D eigenvalue weighted by Crippen LogP contribution is 2.28. The van der Waals surface area contributed by atoms with Gasteiger partial charge >= 0.3 is 0 Å². The molecular formula is C14H22N4O. The van der Waals surface area contributed by atoms with Crippen LogP contribution in [0, 0.1) is 0 Å². The van der Waals surface area contributed by atoms with Gasteiger partial charge in [-0.15, -0.1) is 0 Å². The molecule has 0 amide bonds. The van der Waals surface area contributed by atoms with Crippen molar-refractivity contribution in [1.29, 1.82) is 0 Å². The summed E-state index contributed by atoms with van der Waals surface area (Å²) >= 11 is 0. The lowest BCUT2D eigenvalue weighted by atomic mass is 10.1. The largest absolute Gasteiger partial charge is 0.395 e. The Bertz CT molecular complexity index is 556. The van der Waals surface area contributed by atoms with Gasteiger partial charge < -0.3 is 10.0 Å². The van der Waals surface area contributed by atoms with E-state index in [2.05, 4.69) is 42.7 Å². The Labute approximate surface area is 113 Å². The minimum Gasteiger partial charge on any atom is -0.395 e. The number of hydrogen-bond acceptors (Lipinski definition) is 4. The van der Waals surface area contributed by atoms with Crippen LogP contribution in [-0.2, 0) is 5.54 Å². The topological polar surface area (TPSA) is 54.2 Å². The second-order valence-corrected chi connectivity index (χ2v) is 5.62. The van der Waals surface area contributed by atoms with Crippen LogP contribution < -0.4 is 4.90 Å². The van der Waals surface area contributed by atoms with Crippen molar-refractivity contribution < 1.29 is 5.11 Å². The molecule has 0 bridgehead atoms. The van der Waals surface area contributed by atoms with E-state index in [9.17, 15) is 0 Å². The number of rotatable bonds is 4.